The summed E-state index contributed by atoms with van der Waals surface area (Å²) in [7, 11) is -3.62. The Bertz CT molecular complexity index is 730. The molecular weight excluding hydrogens is 372 g/mol. The summed E-state index contributed by atoms with van der Waals surface area (Å²) < 4.78 is 39.4. The number of ether oxygens (including phenoxy) is 2. The standard InChI is InChI=1S/C15H18O8S2/c1-3-13(18)24-7-12(17)21-6-11(16)22-14-8-4-9-10(5-8)25(19,20)23-15(9,14)2/h3,8-10,14H,1,4-7H2,2H3. The number of thioether (sulfide) groups is 1. The van der Waals surface area contributed by atoms with Crippen molar-refractivity contribution >= 4 is 38.9 Å². The van der Waals surface area contributed by atoms with Gasteiger partial charge in [0, 0.05) is 11.8 Å². The first kappa shape index (κ1) is 18.4. The Morgan fingerprint density at radius 2 is 2.04 bits per heavy atom. The van der Waals surface area contributed by atoms with Crippen molar-refractivity contribution in [1.82, 2.24) is 0 Å². The summed E-state index contributed by atoms with van der Waals surface area (Å²) in [5.41, 5.74) is -1.04. The van der Waals surface area contributed by atoms with Gasteiger partial charge in [0.2, 0.25) is 5.12 Å². The monoisotopic (exact) mass is 390 g/mol. The number of carbonyl (C=O) groups is 3. The third kappa shape index (κ3) is 3.22. The average Bonchev–Trinajstić information content (AvgIpc) is 3.13. The third-order valence-electron chi connectivity index (χ3n) is 5.04. The molecule has 3 fully saturated rings. The minimum absolute atomic E-state index is 0.0716. The molecule has 138 valence electrons. The van der Waals surface area contributed by atoms with Gasteiger partial charge in [0.05, 0.1) is 11.0 Å². The minimum atomic E-state index is -3.62. The second-order valence-electron chi connectivity index (χ2n) is 6.52. The fourth-order valence-corrected chi connectivity index (χ4v) is 6.64. The Morgan fingerprint density at radius 3 is 2.72 bits per heavy atom. The topological polar surface area (TPSA) is 113 Å². The predicted octanol–water partition coefficient (Wildman–Crippen LogP) is 0.414. The predicted molar refractivity (Wildman–Crippen MR) is 86.9 cm³/mol. The SMILES string of the molecule is C=CC(=O)SCC(=O)OCC(=O)OC1C2CC3C(C2)S(=O)(=O)OC31C. The van der Waals surface area contributed by atoms with Crippen LogP contribution in [0.15, 0.2) is 12.7 Å². The first-order chi connectivity index (χ1) is 11.7. The van der Waals surface area contributed by atoms with Gasteiger partial charge in [0.15, 0.2) is 6.61 Å². The van der Waals surface area contributed by atoms with Crippen molar-refractivity contribution in [3.8, 4) is 0 Å². The summed E-state index contributed by atoms with van der Waals surface area (Å²) in [6, 6.07) is 0. The molecule has 1 saturated heterocycles. The van der Waals surface area contributed by atoms with Crippen LogP contribution in [0.2, 0.25) is 0 Å². The molecule has 2 saturated carbocycles. The van der Waals surface area contributed by atoms with Crippen molar-refractivity contribution in [2.24, 2.45) is 11.8 Å². The van der Waals surface area contributed by atoms with Crippen molar-refractivity contribution in [3.05, 3.63) is 12.7 Å². The second-order valence-corrected chi connectivity index (χ2v) is 9.26. The van der Waals surface area contributed by atoms with Gasteiger partial charge in [0.25, 0.3) is 10.1 Å². The Balaban J connectivity index is 1.52. The average molecular weight is 390 g/mol. The molecule has 2 bridgehead atoms. The van der Waals surface area contributed by atoms with Crippen molar-refractivity contribution in [1.29, 1.82) is 0 Å². The number of rotatable bonds is 6. The number of hydrogen-bond donors (Lipinski definition) is 0. The van der Waals surface area contributed by atoms with Gasteiger partial charge in [-0.05, 0) is 25.8 Å². The smallest absolute Gasteiger partial charge is 0.344 e. The Hall–Kier alpha value is -1.39. The summed E-state index contributed by atoms with van der Waals surface area (Å²) in [5, 5.41) is -0.890. The fourth-order valence-electron chi connectivity index (χ4n) is 4.07. The lowest BCUT2D eigenvalue weighted by atomic mass is 9.83. The molecule has 1 heterocycles. The number of hydrogen-bond acceptors (Lipinski definition) is 9. The quantitative estimate of drug-likeness (QED) is 0.361. The number of fused-ring (bicyclic) bond motifs is 1. The molecule has 2 aliphatic carbocycles. The largest absolute Gasteiger partial charge is 0.456 e. The second kappa shape index (κ2) is 6.40. The van der Waals surface area contributed by atoms with Crippen LogP contribution >= 0.6 is 11.8 Å². The van der Waals surface area contributed by atoms with Crippen LogP contribution in [0.1, 0.15) is 19.8 Å². The molecule has 0 aromatic heterocycles. The number of esters is 2. The molecule has 10 heteroatoms. The highest BCUT2D eigenvalue weighted by molar-refractivity contribution is 8.14. The molecule has 0 amide bonds. The van der Waals surface area contributed by atoms with E-state index in [9.17, 15) is 22.8 Å². The Kier molecular flexibility index (Phi) is 4.71. The van der Waals surface area contributed by atoms with Crippen molar-refractivity contribution < 1.29 is 36.5 Å². The van der Waals surface area contributed by atoms with Crippen LogP contribution < -0.4 is 0 Å². The molecule has 0 aromatic carbocycles. The number of carbonyl (C=O) groups excluding carboxylic acids is 3. The highest BCUT2D eigenvalue weighted by atomic mass is 32.2. The zero-order chi connectivity index (χ0) is 18.4. The van der Waals surface area contributed by atoms with Gasteiger partial charge in [-0.3, -0.25) is 13.8 Å². The van der Waals surface area contributed by atoms with E-state index in [1.54, 1.807) is 6.92 Å². The van der Waals surface area contributed by atoms with Crippen LogP contribution in [-0.2, 0) is 38.2 Å². The van der Waals surface area contributed by atoms with E-state index >= 15 is 0 Å². The van der Waals surface area contributed by atoms with Crippen LogP contribution in [0.25, 0.3) is 0 Å². The van der Waals surface area contributed by atoms with Crippen LogP contribution in [0.5, 0.6) is 0 Å². The van der Waals surface area contributed by atoms with Gasteiger partial charge in [-0.2, -0.15) is 8.42 Å². The maximum atomic E-state index is 12.0. The normalized spacial score (nSPS) is 36.8. The molecule has 3 rings (SSSR count). The van der Waals surface area contributed by atoms with Crippen molar-refractivity contribution in [2.45, 2.75) is 36.7 Å². The highest BCUT2D eigenvalue weighted by Gasteiger charge is 2.71. The maximum absolute atomic E-state index is 12.0. The van der Waals surface area contributed by atoms with E-state index in [0.29, 0.717) is 12.8 Å². The molecule has 1 aliphatic heterocycles. The fraction of sp³-hybridized carbons (Fsp3) is 0.667. The van der Waals surface area contributed by atoms with Crippen LogP contribution in [0.3, 0.4) is 0 Å². The van der Waals surface area contributed by atoms with Gasteiger partial charge in [-0.25, -0.2) is 4.79 Å². The molecule has 0 radical (unpaired) electrons. The van der Waals surface area contributed by atoms with E-state index in [1.807, 2.05) is 0 Å². The molecule has 0 aromatic rings. The van der Waals surface area contributed by atoms with Gasteiger partial charge < -0.3 is 9.47 Å². The lowest BCUT2D eigenvalue weighted by Crippen LogP contribution is -2.47. The van der Waals surface area contributed by atoms with E-state index < -0.39 is 45.6 Å². The van der Waals surface area contributed by atoms with Gasteiger partial charge in [-0.15, -0.1) is 0 Å². The molecule has 25 heavy (non-hydrogen) atoms. The summed E-state index contributed by atoms with van der Waals surface area (Å²) in [4.78, 5) is 34.4. The Labute approximate surface area is 149 Å². The minimum Gasteiger partial charge on any atom is -0.456 e. The molecule has 3 aliphatic rings. The van der Waals surface area contributed by atoms with Crippen LogP contribution in [0, 0.1) is 11.8 Å². The first-order valence-electron chi connectivity index (χ1n) is 7.76. The summed E-state index contributed by atoms with van der Waals surface area (Å²) in [6.45, 7) is 4.33. The third-order valence-corrected chi connectivity index (χ3v) is 7.73. The van der Waals surface area contributed by atoms with E-state index in [4.69, 9.17) is 13.7 Å². The van der Waals surface area contributed by atoms with E-state index in [2.05, 4.69) is 6.58 Å². The van der Waals surface area contributed by atoms with Gasteiger partial charge in [0.1, 0.15) is 11.7 Å². The zero-order valence-corrected chi connectivity index (χ0v) is 15.1. The van der Waals surface area contributed by atoms with E-state index in [-0.39, 0.29) is 22.7 Å². The molecule has 5 unspecified atom stereocenters. The molecule has 8 nitrogen and oxygen atoms in total. The maximum Gasteiger partial charge on any atom is 0.344 e. The molecule has 0 spiro atoms. The van der Waals surface area contributed by atoms with Gasteiger partial charge in [-0.1, -0.05) is 18.3 Å². The lowest BCUT2D eigenvalue weighted by molar-refractivity contribution is -0.171. The van der Waals surface area contributed by atoms with Crippen molar-refractivity contribution in [3.63, 3.8) is 0 Å². The summed E-state index contributed by atoms with van der Waals surface area (Å²) >= 11 is 0.717. The molecular formula is C15H18O8S2. The van der Waals surface area contributed by atoms with E-state index in [1.165, 1.54) is 0 Å². The summed E-state index contributed by atoms with van der Waals surface area (Å²) in [5.74, 6) is -1.97. The highest BCUT2D eigenvalue weighted by Crippen LogP contribution is 2.61. The Morgan fingerprint density at radius 1 is 1.32 bits per heavy atom. The zero-order valence-electron chi connectivity index (χ0n) is 13.5. The first-order valence-corrected chi connectivity index (χ1v) is 10.2. The summed E-state index contributed by atoms with van der Waals surface area (Å²) in [6.07, 6.45) is 1.46. The van der Waals surface area contributed by atoms with Crippen LogP contribution in [-0.4, -0.2) is 54.8 Å². The molecule has 5 atom stereocenters. The lowest BCUT2D eigenvalue weighted by Gasteiger charge is -2.33. The van der Waals surface area contributed by atoms with E-state index in [0.717, 1.165) is 17.8 Å². The molecule has 0 N–H and O–H groups in total. The van der Waals surface area contributed by atoms with Crippen LogP contribution in [0.4, 0.5) is 0 Å². The van der Waals surface area contributed by atoms with Crippen molar-refractivity contribution in [2.75, 3.05) is 12.4 Å². The van der Waals surface area contributed by atoms with Gasteiger partial charge >= 0.3 is 11.9 Å².